The van der Waals surface area contributed by atoms with Gasteiger partial charge in [0.2, 0.25) is 11.0 Å². The molecule has 3 heterocycles. The molecule has 0 radical (unpaired) electrons. The van der Waals surface area contributed by atoms with Gasteiger partial charge >= 0.3 is 0 Å². The van der Waals surface area contributed by atoms with E-state index in [0.717, 1.165) is 41.1 Å². The maximum Gasteiger partial charge on any atom is 0.263 e. The molecule has 0 bridgehead atoms. The zero-order chi connectivity index (χ0) is 23.7. The number of carbonyl (C=O) groups excluding carboxylic acids is 1. The Labute approximate surface area is 205 Å². The minimum atomic E-state index is -3.72. The summed E-state index contributed by atoms with van der Waals surface area (Å²) >= 11 is 7.29. The average Bonchev–Trinajstić information content (AvgIpc) is 3.56. The van der Waals surface area contributed by atoms with Crippen molar-refractivity contribution in [1.82, 2.24) is 19.2 Å². The number of anilines is 2. The summed E-state index contributed by atoms with van der Waals surface area (Å²) in [5, 5.41) is 4.93. The molecular weight excluding hydrogens is 496 g/mol. The molecule has 1 saturated heterocycles. The van der Waals surface area contributed by atoms with E-state index in [9.17, 15) is 13.2 Å². The van der Waals surface area contributed by atoms with Gasteiger partial charge < -0.3 is 14.8 Å². The summed E-state index contributed by atoms with van der Waals surface area (Å²) in [5.74, 6) is -0.0755. The van der Waals surface area contributed by atoms with E-state index in [-0.39, 0.29) is 28.5 Å². The highest BCUT2D eigenvalue weighted by Gasteiger charge is 2.25. The van der Waals surface area contributed by atoms with Crippen LogP contribution in [0.1, 0.15) is 6.42 Å². The van der Waals surface area contributed by atoms with Crippen LogP contribution >= 0.6 is 23.1 Å². The van der Waals surface area contributed by atoms with Crippen LogP contribution in [0.25, 0.3) is 10.9 Å². The van der Waals surface area contributed by atoms with Crippen molar-refractivity contribution in [2.24, 2.45) is 0 Å². The normalized spacial score (nSPS) is 16.1. The van der Waals surface area contributed by atoms with Crippen molar-refractivity contribution in [2.75, 3.05) is 22.7 Å². The molecule has 34 heavy (non-hydrogen) atoms. The van der Waals surface area contributed by atoms with Crippen LogP contribution in [0.15, 0.2) is 66.0 Å². The average molecular weight is 517 g/mol. The highest BCUT2D eigenvalue weighted by molar-refractivity contribution is 7.93. The fraction of sp³-hybridized carbons (Fsp3) is 0.227. The van der Waals surface area contributed by atoms with Crippen LogP contribution in [0.5, 0.6) is 0 Å². The molecule has 9 nitrogen and oxygen atoms in total. The predicted octanol–water partition coefficient (Wildman–Crippen LogP) is 3.34. The Morgan fingerprint density at radius 1 is 1.18 bits per heavy atom. The molecule has 5 rings (SSSR count). The van der Waals surface area contributed by atoms with Gasteiger partial charge in [-0.1, -0.05) is 23.7 Å². The molecule has 1 atom stereocenters. The van der Waals surface area contributed by atoms with E-state index in [1.807, 2.05) is 35.0 Å². The first-order valence-electron chi connectivity index (χ1n) is 10.6. The Morgan fingerprint density at radius 3 is 2.76 bits per heavy atom. The van der Waals surface area contributed by atoms with E-state index in [0.29, 0.717) is 11.6 Å². The highest BCUT2D eigenvalue weighted by Crippen LogP contribution is 2.25. The lowest BCUT2D eigenvalue weighted by molar-refractivity contribution is -0.122. The van der Waals surface area contributed by atoms with Gasteiger partial charge in [0.05, 0.1) is 15.4 Å². The molecule has 0 spiro atoms. The first kappa shape index (κ1) is 22.6. The van der Waals surface area contributed by atoms with E-state index in [4.69, 9.17) is 11.6 Å². The molecule has 4 aromatic rings. The van der Waals surface area contributed by atoms with Gasteiger partial charge in [-0.15, -0.1) is 0 Å². The number of fused-ring (bicyclic) bond motifs is 1. The SMILES string of the molecule is O=C(Cn1ccc2cccc(Cl)c21)N[C@H]1CCN(c2ccc(S(=O)(=O)Nc3ncns3)cc2)C1. The van der Waals surface area contributed by atoms with E-state index < -0.39 is 10.0 Å². The summed E-state index contributed by atoms with van der Waals surface area (Å²) in [6.45, 7) is 1.60. The molecule has 0 aliphatic carbocycles. The number of benzene rings is 2. The molecule has 2 N–H and O–H groups in total. The van der Waals surface area contributed by atoms with Gasteiger partial charge in [-0.05, 0) is 42.8 Å². The number of nitrogens with one attached hydrogen (secondary N) is 2. The molecule has 1 aliphatic heterocycles. The van der Waals surface area contributed by atoms with Crippen molar-refractivity contribution in [3.63, 3.8) is 0 Å². The van der Waals surface area contributed by atoms with Crippen molar-refractivity contribution in [2.45, 2.75) is 23.9 Å². The number of halogens is 1. The fourth-order valence-electron chi connectivity index (χ4n) is 4.11. The smallest absolute Gasteiger partial charge is 0.263 e. The summed E-state index contributed by atoms with van der Waals surface area (Å²) in [4.78, 5) is 18.8. The van der Waals surface area contributed by atoms with Crippen molar-refractivity contribution >= 4 is 60.8 Å². The third-order valence-corrected chi connectivity index (χ3v) is 8.07. The molecule has 2 aromatic heterocycles. The number of rotatable bonds is 7. The lowest BCUT2D eigenvalue weighted by Crippen LogP contribution is -2.38. The van der Waals surface area contributed by atoms with Crippen molar-refractivity contribution in [3.8, 4) is 0 Å². The van der Waals surface area contributed by atoms with Gasteiger partial charge in [-0.2, -0.15) is 4.37 Å². The molecule has 2 aromatic carbocycles. The van der Waals surface area contributed by atoms with Crippen LogP contribution in [0.3, 0.4) is 0 Å². The quantitative estimate of drug-likeness (QED) is 0.390. The number of hydrogen-bond donors (Lipinski definition) is 2. The first-order chi connectivity index (χ1) is 16.4. The maximum absolute atomic E-state index is 12.7. The molecule has 1 aliphatic rings. The van der Waals surface area contributed by atoms with Gasteiger partial charge in [0, 0.05) is 47.9 Å². The summed E-state index contributed by atoms with van der Waals surface area (Å²) in [5.41, 5.74) is 1.75. The molecule has 0 saturated carbocycles. The molecule has 1 fully saturated rings. The van der Waals surface area contributed by atoms with Gasteiger partial charge in [0.15, 0.2) is 0 Å². The number of sulfonamides is 1. The summed E-state index contributed by atoms with van der Waals surface area (Å²) in [6.07, 6.45) is 3.97. The first-order valence-corrected chi connectivity index (χ1v) is 13.2. The van der Waals surface area contributed by atoms with Crippen LogP contribution in [0.2, 0.25) is 5.02 Å². The second-order valence-corrected chi connectivity index (χ2v) is 10.8. The van der Waals surface area contributed by atoms with E-state index in [1.165, 1.54) is 6.33 Å². The van der Waals surface area contributed by atoms with E-state index in [2.05, 4.69) is 24.3 Å². The minimum Gasteiger partial charge on any atom is -0.369 e. The van der Waals surface area contributed by atoms with Crippen LogP contribution in [-0.2, 0) is 21.4 Å². The Balaban J connectivity index is 1.19. The van der Waals surface area contributed by atoms with Crippen LogP contribution in [0.4, 0.5) is 10.8 Å². The highest BCUT2D eigenvalue weighted by atomic mass is 35.5. The third kappa shape index (κ3) is 4.72. The van der Waals surface area contributed by atoms with Gasteiger partial charge in [-0.3, -0.25) is 9.52 Å². The van der Waals surface area contributed by atoms with Gasteiger partial charge in [0.1, 0.15) is 12.9 Å². The third-order valence-electron chi connectivity index (χ3n) is 5.70. The Kier molecular flexibility index (Phi) is 6.15. The second kappa shape index (κ2) is 9.24. The van der Waals surface area contributed by atoms with Crippen molar-refractivity contribution < 1.29 is 13.2 Å². The summed E-state index contributed by atoms with van der Waals surface area (Å²) < 4.78 is 33.0. The second-order valence-electron chi connectivity index (χ2n) is 7.97. The summed E-state index contributed by atoms with van der Waals surface area (Å²) in [7, 11) is -3.72. The zero-order valence-electron chi connectivity index (χ0n) is 17.9. The Hall–Kier alpha value is -3.15. The lowest BCUT2D eigenvalue weighted by Gasteiger charge is -2.19. The van der Waals surface area contributed by atoms with Gasteiger partial charge in [-0.25, -0.2) is 13.4 Å². The zero-order valence-corrected chi connectivity index (χ0v) is 20.3. The number of nitrogens with zero attached hydrogens (tertiary/aromatic N) is 4. The van der Waals surface area contributed by atoms with Crippen LogP contribution in [-0.4, -0.2) is 47.4 Å². The predicted molar refractivity (Wildman–Crippen MR) is 133 cm³/mol. The number of carbonyl (C=O) groups is 1. The molecule has 12 heteroatoms. The van der Waals surface area contributed by atoms with Crippen LogP contribution < -0.4 is 14.9 Å². The number of amides is 1. The Morgan fingerprint density at radius 2 is 2.00 bits per heavy atom. The standard InChI is InChI=1S/C22H21ClN6O3S2/c23-19-3-1-2-15-8-10-29(21(15)19)13-20(30)26-16-9-11-28(12-16)17-4-6-18(7-5-17)34(31,32)27-22-24-14-25-33-22/h1-8,10,14,16H,9,11-13H2,(H,26,30)(H,24,25,27)/t16-/m0/s1. The van der Waals surface area contributed by atoms with Crippen LogP contribution in [0, 0.1) is 0 Å². The van der Waals surface area contributed by atoms with E-state index in [1.54, 1.807) is 24.3 Å². The largest absolute Gasteiger partial charge is 0.369 e. The molecule has 0 unspecified atom stereocenters. The number of aromatic nitrogens is 3. The van der Waals surface area contributed by atoms with Crippen molar-refractivity contribution in [3.05, 3.63) is 66.1 Å². The minimum absolute atomic E-state index is 0.00674. The fourth-order valence-corrected chi connectivity index (χ4v) is 6.07. The number of hydrogen-bond acceptors (Lipinski definition) is 7. The Bertz CT molecular complexity index is 1420. The number of para-hydroxylation sites is 1. The lowest BCUT2D eigenvalue weighted by atomic mass is 10.2. The molecular formula is C22H21ClN6O3S2. The van der Waals surface area contributed by atoms with Gasteiger partial charge in [0.25, 0.3) is 10.0 Å². The molecule has 176 valence electrons. The molecule has 1 amide bonds. The summed E-state index contributed by atoms with van der Waals surface area (Å²) in [6, 6.07) is 14.3. The van der Waals surface area contributed by atoms with Crippen molar-refractivity contribution in [1.29, 1.82) is 0 Å². The topological polar surface area (TPSA) is 109 Å². The monoisotopic (exact) mass is 516 g/mol. The van der Waals surface area contributed by atoms with E-state index >= 15 is 0 Å². The maximum atomic E-state index is 12.7.